The molecule has 2 amide bonds. The Kier molecular flexibility index (Phi) is 6.72. The maximum atomic E-state index is 13.6. The average molecular weight is 452 g/mol. The summed E-state index contributed by atoms with van der Waals surface area (Å²) in [6.07, 6.45) is 1.82. The third kappa shape index (κ3) is 5.09. The van der Waals surface area contributed by atoms with Crippen LogP contribution in [0.1, 0.15) is 21.2 Å². The minimum atomic E-state index is -0.300. The number of hydrogen-bond donors (Lipinski definition) is 1. The molecule has 0 atom stereocenters. The van der Waals surface area contributed by atoms with Gasteiger partial charge in [-0.15, -0.1) is 11.3 Å². The third-order valence-electron chi connectivity index (χ3n) is 5.00. The lowest BCUT2D eigenvalue weighted by Crippen LogP contribution is -2.36. The topological polar surface area (TPSA) is 78.9 Å². The van der Waals surface area contributed by atoms with Crippen molar-refractivity contribution < 1.29 is 18.4 Å². The van der Waals surface area contributed by atoms with Crippen LogP contribution in [-0.2, 0) is 17.8 Å². The number of rotatable bonds is 9. The molecule has 8 heteroatoms. The van der Waals surface area contributed by atoms with Gasteiger partial charge in [0.05, 0.1) is 19.2 Å². The molecule has 0 saturated heterocycles. The number of benzene rings is 1. The Bertz CT molecular complexity index is 1180. The number of carbonyl (C=O) groups excluding carboxylic acids is 2. The van der Waals surface area contributed by atoms with Gasteiger partial charge in [-0.3, -0.25) is 9.59 Å². The van der Waals surface area contributed by atoms with Crippen molar-refractivity contribution in [1.29, 1.82) is 0 Å². The van der Waals surface area contributed by atoms with Gasteiger partial charge in [0.1, 0.15) is 17.0 Å². The molecule has 3 heterocycles. The first-order valence-corrected chi connectivity index (χ1v) is 11.2. The van der Waals surface area contributed by atoms with Crippen molar-refractivity contribution in [1.82, 2.24) is 9.80 Å². The number of amides is 2. The summed E-state index contributed by atoms with van der Waals surface area (Å²) < 4.78 is 11.4. The minimum absolute atomic E-state index is 0.121. The summed E-state index contributed by atoms with van der Waals surface area (Å²) in [4.78, 5) is 31.0. The molecule has 0 fully saturated rings. The second-order valence-corrected chi connectivity index (χ2v) is 8.75. The lowest BCUT2D eigenvalue weighted by atomic mass is 10.2. The predicted molar refractivity (Wildman–Crippen MR) is 125 cm³/mol. The summed E-state index contributed by atoms with van der Waals surface area (Å²) in [5.74, 6) is 0.303. The van der Waals surface area contributed by atoms with Crippen LogP contribution in [-0.4, -0.2) is 48.8 Å². The molecule has 4 aromatic rings. The van der Waals surface area contributed by atoms with Gasteiger partial charge in [0.15, 0.2) is 0 Å². The number of furan rings is 2. The van der Waals surface area contributed by atoms with E-state index in [1.54, 1.807) is 23.3 Å². The second-order valence-electron chi connectivity index (χ2n) is 7.72. The molecule has 1 aromatic carbocycles. The number of hydrogen-bond acceptors (Lipinski definition) is 6. The summed E-state index contributed by atoms with van der Waals surface area (Å²) in [7, 11) is 3.90. The van der Waals surface area contributed by atoms with E-state index in [0.717, 1.165) is 4.88 Å². The van der Waals surface area contributed by atoms with Crippen LogP contribution in [0, 0.1) is 0 Å². The number of anilines is 1. The molecular formula is C24H25N3O4S. The van der Waals surface area contributed by atoms with E-state index in [-0.39, 0.29) is 24.0 Å². The maximum absolute atomic E-state index is 13.6. The maximum Gasteiger partial charge on any atom is 0.292 e. The quantitative estimate of drug-likeness (QED) is 0.406. The highest BCUT2D eigenvalue weighted by atomic mass is 32.1. The summed E-state index contributed by atoms with van der Waals surface area (Å²) in [6, 6.07) is 14.8. The van der Waals surface area contributed by atoms with Crippen LogP contribution in [0.5, 0.6) is 0 Å². The van der Waals surface area contributed by atoms with E-state index in [9.17, 15) is 9.59 Å². The number of carbonyl (C=O) groups is 2. The highest BCUT2D eigenvalue weighted by Gasteiger charge is 2.27. The Morgan fingerprint density at radius 2 is 1.88 bits per heavy atom. The van der Waals surface area contributed by atoms with Crippen molar-refractivity contribution in [3.8, 4) is 0 Å². The van der Waals surface area contributed by atoms with Crippen molar-refractivity contribution in [2.75, 3.05) is 32.5 Å². The van der Waals surface area contributed by atoms with Crippen LogP contribution in [0.4, 0.5) is 5.69 Å². The minimum Gasteiger partial charge on any atom is -0.467 e. The molecule has 0 unspecified atom stereocenters. The number of thiophene rings is 1. The number of likely N-dealkylation sites (N-methyl/N-ethyl adjacent to an activating group) is 1. The van der Waals surface area contributed by atoms with Gasteiger partial charge in [0, 0.05) is 23.4 Å². The van der Waals surface area contributed by atoms with Crippen molar-refractivity contribution in [3.05, 3.63) is 76.6 Å². The standard InChI is InChI=1S/C24H25N3O4S/c1-26(2)11-12-27(16-17-7-5-13-30-17)24(29)23-22(19-9-3-4-10-20(19)31-23)25-21(28)15-18-8-6-14-32-18/h3-10,13-14H,11-12,15-16H2,1-2H3,(H,25,28). The van der Waals surface area contributed by atoms with Gasteiger partial charge >= 0.3 is 0 Å². The number of para-hydroxylation sites is 1. The van der Waals surface area contributed by atoms with E-state index in [4.69, 9.17) is 8.83 Å². The zero-order chi connectivity index (χ0) is 22.5. The molecule has 0 saturated carbocycles. The molecular weight excluding hydrogens is 426 g/mol. The number of nitrogens with one attached hydrogen (secondary N) is 1. The van der Waals surface area contributed by atoms with Crippen LogP contribution in [0.2, 0.25) is 0 Å². The fourth-order valence-corrected chi connectivity index (χ4v) is 4.09. The average Bonchev–Trinajstić information content (AvgIpc) is 3.53. The van der Waals surface area contributed by atoms with Crippen LogP contribution in [0.3, 0.4) is 0 Å². The first-order valence-electron chi connectivity index (χ1n) is 10.3. The largest absolute Gasteiger partial charge is 0.467 e. The van der Waals surface area contributed by atoms with Gasteiger partial charge in [0.25, 0.3) is 5.91 Å². The van der Waals surface area contributed by atoms with E-state index >= 15 is 0 Å². The number of fused-ring (bicyclic) bond motifs is 1. The van der Waals surface area contributed by atoms with Crippen molar-refractivity contribution in [2.24, 2.45) is 0 Å². The first kappa shape index (κ1) is 21.9. The third-order valence-corrected chi connectivity index (χ3v) is 5.88. The molecule has 3 aromatic heterocycles. The zero-order valence-electron chi connectivity index (χ0n) is 18.0. The van der Waals surface area contributed by atoms with Crippen molar-refractivity contribution >= 4 is 39.8 Å². The van der Waals surface area contributed by atoms with E-state index in [1.165, 1.54) is 11.3 Å². The van der Waals surface area contributed by atoms with Crippen LogP contribution in [0.15, 0.2) is 69.0 Å². The van der Waals surface area contributed by atoms with Gasteiger partial charge in [0.2, 0.25) is 11.7 Å². The molecule has 0 aliphatic rings. The summed E-state index contributed by atoms with van der Waals surface area (Å²) in [5, 5.41) is 5.55. The van der Waals surface area contributed by atoms with Crippen molar-refractivity contribution in [3.63, 3.8) is 0 Å². The van der Waals surface area contributed by atoms with Crippen LogP contribution < -0.4 is 5.32 Å². The molecule has 1 N–H and O–H groups in total. The molecule has 0 radical (unpaired) electrons. The zero-order valence-corrected chi connectivity index (χ0v) is 18.9. The van der Waals surface area contributed by atoms with Crippen LogP contribution in [0.25, 0.3) is 11.0 Å². The predicted octanol–water partition coefficient (Wildman–Crippen LogP) is 4.47. The molecule has 0 bridgehead atoms. The Labute approximate surface area is 190 Å². The van der Waals surface area contributed by atoms with Crippen LogP contribution >= 0.6 is 11.3 Å². The highest BCUT2D eigenvalue weighted by Crippen LogP contribution is 2.32. The van der Waals surface area contributed by atoms with Gasteiger partial charge < -0.3 is 24.0 Å². The van der Waals surface area contributed by atoms with E-state index in [2.05, 4.69) is 5.32 Å². The molecule has 0 spiro atoms. The smallest absolute Gasteiger partial charge is 0.292 e. The highest BCUT2D eigenvalue weighted by molar-refractivity contribution is 7.10. The Hall–Kier alpha value is -3.36. The lowest BCUT2D eigenvalue weighted by Gasteiger charge is -2.23. The molecule has 0 aliphatic heterocycles. The van der Waals surface area contributed by atoms with Gasteiger partial charge in [-0.2, -0.15) is 0 Å². The second kappa shape index (κ2) is 9.84. The monoisotopic (exact) mass is 451 g/mol. The Balaban J connectivity index is 1.65. The fourth-order valence-electron chi connectivity index (χ4n) is 3.38. The SMILES string of the molecule is CN(C)CCN(Cc1ccco1)C(=O)c1oc2ccccc2c1NC(=O)Cc1cccs1. The Morgan fingerprint density at radius 3 is 2.59 bits per heavy atom. The molecule has 32 heavy (non-hydrogen) atoms. The van der Waals surface area contributed by atoms with Gasteiger partial charge in [-0.05, 0) is 49.8 Å². The molecule has 166 valence electrons. The van der Waals surface area contributed by atoms with E-state index < -0.39 is 0 Å². The summed E-state index contributed by atoms with van der Waals surface area (Å²) >= 11 is 1.52. The van der Waals surface area contributed by atoms with E-state index in [0.29, 0.717) is 42.1 Å². The van der Waals surface area contributed by atoms with Gasteiger partial charge in [-0.25, -0.2) is 0 Å². The molecule has 0 aliphatic carbocycles. The first-order chi connectivity index (χ1) is 15.5. The van der Waals surface area contributed by atoms with Gasteiger partial charge in [-0.1, -0.05) is 18.2 Å². The summed E-state index contributed by atoms with van der Waals surface area (Å²) in [6.45, 7) is 1.46. The molecule has 4 rings (SSSR count). The normalized spacial score (nSPS) is 11.2. The van der Waals surface area contributed by atoms with Crippen molar-refractivity contribution in [2.45, 2.75) is 13.0 Å². The fraction of sp³-hybridized carbons (Fsp3) is 0.250. The van der Waals surface area contributed by atoms with E-state index in [1.807, 2.05) is 60.8 Å². The molecule has 7 nitrogen and oxygen atoms in total. The lowest BCUT2D eigenvalue weighted by molar-refractivity contribution is -0.115. The Morgan fingerprint density at radius 1 is 1.03 bits per heavy atom. The number of nitrogens with zero attached hydrogens (tertiary/aromatic N) is 2. The summed E-state index contributed by atoms with van der Waals surface area (Å²) in [5.41, 5.74) is 0.953.